The van der Waals surface area contributed by atoms with E-state index in [1.807, 2.05) is 37.5 Å². The van der Waals surface area contributed by atoms with Gasteiger partial charge < -0.3 is 15.2 Å². The number of fused-ring (bicyclic) bond motifs is 1. The molecule has 0 spiro atoms. The molecule has 7 nitrogen and oxygen atoms in total. The minimum Gasteiger partial charge on any atom is -0.352 e. The van der Waals surface area contributed by atoms with Crippen molar-refractivity contribution < 1.29 is 14.0 Å². The minimum atomic E-state index is -0.546. The van der Waals surface area contributed by atoms with Gasteiger partial charge >= 0.3 is 0 Å². The van der Waals surface area contributed by atoms with Crippen molar-refractivity contribution in [3.8, 4) is 0 Å². The van der Waals surface area contributed by atoms with Gasteiger partial charge in [-0.25, -0.2) is 14.9 Å². The van der Waals surface area contributed by atoms with Gasteiger partial charge in [-0.1, -0.05) is 31.4 Å². The molecule has 1 aliphatic rings. The summed E-state index contributed by atoms with van der Waals surface area (Å²) in [5.74, 6) is -0.531. The summed E-state index contributed by atoms with van der Waals surface area (Å²) in [6.45, 7) is 8.28. The average Bonchev–Trinajstić information content (AvgIpc) is 3.54. The van der Waals surface area contributed by atoms with Crippen LogP contribution in [0, 0.1) is 18.7 Å². The average molecular weight is 479 g/mol. The predicted molar refractivity (Wildman–Crippen MR) is 141 cm³/mol. The van der Waals surface area contributed by atoms with Crippen molar-refractivity contribution in [2.45, 2.75) is 59.0 Å². The monoisotopic (exact) mass is 479 g/mol. The van der Waals surface area contributed by atoms with E-state index in [2.05, 4.69) is 34.9 Å². The number of anilines is 2. The molecule has 9 heteroatoms. The molecule has 0 saturated heterocycles. The van der Waals surface area contributed by atoms with Crippen LogP contribution in [-0.2, 0) is 11.4 Å². The lowest BCUT2D eigenvalue weighted by molar-refractivity contribution is 0.0271. The number of halogens is 1. The van der Waals surface area contributed by atoms with Crippen molar-refractivity contribution >= 4 is 41.6 Å². The number of unbranched alkanes of at least 4 members (excludes halogenated alkanes) is 1. The van der Waals surface area contributed by atoms with Gasteiger partial charge in [0.25, 0.3) is 5.91 Å². The largest absolute Gasteiger partial charge is 0.352 e. The van der Waals surface area contributed by atoms with E-state index < -0.39 is 11.7 Å². The number of hydrogen-bond donors (Lipinski definition) is 3. The number of aryl methyl sites for hydroxylation is 2. The van der Waals surface area contributed by atoms with Gasteiger partial charge in [0.2, 0.25) is 0 Å². The first-order valence-corrected chi connectivity index (χ1v) is 12.5. The van der Waals surface area contributed by atoms with Crippen molar-refractivity contribution in [2.75, 3.05) is 18.5 Å². The van der Waals surface area contributed by atoms with Gasteiger partial charge in [-0.05, 0) is 62.8 Å². The number of benzene rings is 2. The number of hydroxylamine groups is 1. The van der Waals surface area contributed by atoms with Gasteiger partial charge in [-0.15, -0.1) is 0 Å². The summed E-state index contributed by atoms with van der Waals surface area (Å²) in [5.41, 5.74) is 6.44. The summed E-state index contributed by atoms with van der Waals surface area (Å²) in [6.07, 6.45) is 5.79. The highest BCUT2D eigenvalue weighted by Gasteiger charge is 2.25. The highest BCUT2D eigenvalue weighted by molar-refractivity contribution is 6.32. The van der Waals surface area contributed by atoms with E-state index in [1.165, 1.54) is 0 Å². The molecule has 1 amide bonds. The summed E-state index contributed by atoms with van der Waals surface area (Å²) in [4.78, 5) is 22.9. The van der Waals surface area contributed by atoms with Crippen LogP contribution in [0.4, 0.5) is 15.8 Å². The number of carbonyl (C=O) groups is 1. The number of hydrogen-bond acceptors (Lipinski definition) is 5. The van der Waals surface area contributed by atoms with Crippen LogP contribution in [0.3, 0.4) is 0 Å². The lowest BCUT2D eigenvalue weighted by Crippen LogP contribution is -2.26. The third-order valence-corrected chi connectivity index (χ3v) is 6.30. The zero-order valence-electron chi connectivity index (χ0n) is 21.1. The summed E-state index contributed by atoms with van der Waals surface area (Å²) >= 11 is 0. The van der Waals surface area contributed by atoms with Gasteiger partial charge in [0.1, 0.15) is 13.4 Å². The maximum atomic E-state index is 15.8. The Morgan fingerprint density at radius 2 is 2.09 bits per heavy atom. The van der Waals surface area contributed by atoms with Gasteiger partial charge in [-0.3, -0.25) is 9.63 Å². The van der Waals surface area contributed by atoms with Crippen LogP contribution in [0.1, 0.15) is 55.5 Å². The second kappa shape index (κ2) is 11.2. The summed E-state index contributed by atoms with van der Waals surface area (Å²) < 4.78 is 17.7. The number of rotatable bonds is 12. The number of aromatic nitrogens is 2. The van der Waals surface area contributed by atoms with Crippen LogP contribution in [-0.4, -0.2) is 42.5 Å². The molecule has 1 aromatic heterocycles. The molecule has 4 rings (SSSR count). The second-order valence-electron chi connectivity index (χ2n) is 9.86. The van der Waals surface area contributed by atoms with Crippen LogP contribution >= 0.6 is 0 Å². The van der Waals surface area contributed by atoms with E-state index in [4.69, 9.17) is 4.84 Å². The van der Waals surface area contributed by atoms with E-state index in [9.17, 15) is 4.79 Å². The smallest absolute Gasteiger partial charge is 0.277 e. The Labute approximate surface area is 207 Å². The first-order valence-electron chi connectivity index (χ1n) is 12.5. The van der Waals surface area contributed by atoms with Gasteiger partial charge in [0.15, 0.2) is 5.82 Å². The molecule has 3 aromatic rings. The topological polar surface area (TPSA) is 80.2 Å². The summed E-state index contributed by atoms with van der Waals surface area (Å²) in [6, 6.07) is 8.01. The first kappa shape index (κ1) is 25.2. The SMILES string of the molecule is Bc1ccc(Nc2c(C(=O)NOCC3CC3)cc3c(ncn3CCCCNC(C)C)c2F)c(C)c1. The third kappa shape index (κ3) is 6.41. The maximum Gasteiger partial charge on any atom is 0.277 e. The Bertz CT molecular complexity index is 1190. The van der Waals surface area contributed by atoms with Crippen molar-refractivity contribution in [3.05, 3.63) is 47.5 Å². The quantitative estimate of drug-likeness (QED) is 0.211. The summed E-state index contributed by atoms with van der Waals surface area (Å²) in [7, 11) is 2.01. The molecule has 186 valence electrons. The summed E-state index contributed by atoms with van der Waals surface area (Å²) in [5, 5.41) is 6.56. The van der Waals surface area contributed by atoms with Gasteiger partial charge in [0, 0.05) is 18.3 Å². The number of carbonyl (C=O) groups excluding carboxylic acids is 1. The Morgan fingerprint density at radius 1 is 1.29 bits per heavy atom. The van der Waals surface area contributed by atoms with Crippen molar-refractivity contribution in [1.82, 2.24) is 20.3 Å². The fourth-order valence-corrected chi connectivity index (χ4v) is 4.09. The van der Waals surface area contributed by atoms with Crippen LogP contribution in [0.5, 0.6) is 0 Å². The molecule has 2 aromatic carbocycles. The van der Waals surface area contributed by atoms with Crippen molar-refractivity contribution in [1.29, 1.82) is 0 Å². The van der Waals surface area contributed by atoms with E-state index >= 15 is 4.39 Å². The standard InChI is InChI=1S/C26H35BFN5O2/c1-16(2)29-10-4-5-11-33-15-30-25-22(33)13-20(26(34)32-35-14-18-6-7-18)24(23(25)28)31-21-9-8-19(27)12-17(21)3/h8-9,12-13,15-16,18,29,31H,4-7,10-11,14,27H2,1-3H3,(H,32,34). The molecule has 0 aliphatic heterocycles. The zero-order valence-corrected chi connectivity index (χ0v) is 21.1. The number of amides is 1. The number of nitrogens with zero attached hydrogens (tertiary/aromatic N) is 2. The van der Waals surface area contributed by atoms with Crippen LogP contribution in [0.15, 0.2) is 30.6 Å². The molecule has 35 heavy (non-hydrogen) atoms. The Kier molecular flexibility index (Phi) is 8.08. The molecule has 0 atom stereocenters. The van der Waals surface area contributed by atoms with Crippen LogP contribution in [0.2, 0.25) is 0 Å². The number of nitrogens with one attached hydrogen (secondary N) is 3. The fourth-order valence-electron chi connectivity index (χ4n) is 4.09. The molecular weight excluding hydrogens is 444 g/mol. The fraction of sp³-hybridized carbons (Fsp3) is 0.462. The highest BCUT2D eigenvalue weighted by Crippen LogP contribution is 2.32. The lowest BCUT2D eigenvalue weighted by Gasteiger charge is -2.16. The molecule has 0 unspecified atom stereocenters. The molecule has 1 saturated carbocycles. The number of imidazole rings is 1. The molecule has 0 radical (unpaired) electrons. The Balaban J connectivity index is 1.62. The second-order valence-corrected chi connectivity index (χ2v) is 9.86. The molecule has 1 fully saturated rings. The van der Waals surface area contributed by atoms with E-state index in [1.54, 1.807) is 12.4 Å². The molecule has 1 aliphatic carbocycles. The minimum absolute atomic E-state index is 0.100. The molecular formula is C26H35BFN5O2. The molecule has 3 N–H and O–H groups in total. The van der Waals surface area contributed by atoms with E-state index in [0.717, 1.165) is 48.9 Å². The Morgan fingerprint density at radius 3 is 2.80 bits per heavy atom. The molecule has 1 heterocycles. The lowest BCUT2D eigenvalue weighted by atomic mass is 9.94. The van der Waals surface area contributed by atoms with Crippen molar-refractivity contribution in [3.63, 3.8) is 0 Å². The normalized spacial score (nSPS) is 13.5. The van der Waals surface area contributed by atoms with Gasteiger partial charge in [0.05, 0.1) is 29.7 Å². The van der Waals surface area contributed by atoms with Crippen LogP contribution < -0.4 is 21.6 Å². The van der Waals surface area contributed by atoms with Crippen LogP contribution in [0.25, 0.3) is 11.0 Å². The molecule has 0 bridgehead atoms. The van der Waals surface area contributed by atoms with E-state index in [-0.39, 0.29) is 16.8 Å². The van der Waals surface area contributed by atoms with Gasteiger partial charge in [-0.2, -0.15) is 0 Å². The first-order chi connectivity index (χ1) is 16.8. The van der Waals surface area contributed by atoms with Crippen molar-refractivity contribution in [2.24, 2.45) is 5.92 Å². The van der Waals surface area contributed by atoms with E-state index in [0.29, 0.717) is 30.6 Å². The predicted octanol–water partition coefficient (Wildman–Crippen LogP) is 3.34. The maximum absolute atomic E-state index is 15.8. The third-order valence-electron chi connectivity index (χ3n) is 6.30. The Hall–Kier alpha value is -2.91. The highest BCUT2D eigenvalue weighted by atomic mass is 19.1. The zero-order chi connectivity index (χ0) is 24.9.